The van der Waals surface area contributed by atoms with Crippen LogP contribution in [0.25, 0.3) is 0 Å². The lowest BCUT2D eigenvalue weighted by atomic mass is 10.1. The third-order valence-corrected chi connectivity index (χ3v) is 2.89. The van der Waals surface area contributed by atoms with Gasteiger partial charge in [0.1, 0.15) is 6.61 Å². The number of rotatable bonds is 6. The standard InChI is InChI=1S/C11H17NO2S/c1-2-4-9(12)7-11(13)14-8-10-5-3-6-15-10/h3,5-6,9H,2,4,7-8,12H2,1H3. The van der Waals surface area contributed by atoms with Crippen LogP contribution in [0.3, 0.4) is 0 Å². The molecule has 0 saturated carbocycles. The summed E-state index contributed by atoms with van der Waals surface area (Å²) in [7, 11) is 0. The summed E-state index contributed by atoms with van der Waals surface area (Å²) in [5.74, 6) is -0.204. The fourth-order valence-electron chi connectivity index (χ4n) is 1.29. The Kier molecular flexibility index (Phi) is 5.36. The van der Waals surface area contributed by atoms with E-state index >= 15 is 0 Å². The van der Waals surface area contributed by atoms with E-state index in [1.807, 2.05) is 17.5 Å². The van der Waals surface area contributed by atoms with Crippen LogP contribution < -0.4 is 5.73 Å². The van der Waals surface area contributed by atoms with Crippen LogP contribution >= 0.6 is 11.3 Å². The van der Waals surface area contributed by atoms with Crippen molar-refractivity contribution in [3.05, 3.63) is 22.4 Å². The average Bonchev–Trinajstić information content (AvgIpc) is 2.67. The first-order valence-corrected chi connectivity index (χ1v) is 6.04. The normalized spacial score (nSPS) is 12.4. The molecule has 15 heavy (non-hydrogen) atoms. The summed E-state index contributed by atoms with van der Waals surface area (Å²) in [4.78, 5) is 12.4. The Bertz CT molecular complexity index is 285. The minimum atomic E-state index is -0.204. The number of thiophene rings is 1. The van der Waals surface area contributed by atoms with Crippen LogP contribution in [0.15, 0.2) is 17.5 Å². The highest BCUT2D eigenvalue weighted by molar-refractivity contribution is 7.09. The molecule has 1 atom stereocenters. The summed E-state index contributed by atoms with van der Waals surface area (Å²) in [6, 6.07) is 3.83. The van der Waals surface area contributed by atoms with Gasteiger partial charge in [-0.15, -0.1) is 11.3 Å². The fraction of sp³-hybridized carbons (Fsp3) is 0.545. The number of ether oxygens (including phenoxy) is 1. The smallest absolute Gasteiger partial charge is 0.307 e. The zero-order valence-corrected chi connectivity index (χ0v) is 9.76. The molecule has 1 aromatic rings. The summed E-state index contributed by atoms with van der Waals surface area (Å²) in [5, 5.41) is 1.96. The van der Waals surface area contributed by atoms with Crippen molar-refractivity contribution >= 4 is 17.3 Å². The third kappa shape index (κ3) is 4.95. The van der Waals surface area contributed by atoms with Crippen LogP contribution in [0.5, 0.6) is 0 Å². The van der Waals surface area contributed by atoms with Crippen LogP contribution in [0, 0.1) is 0 Å². The van der Waals surface area contributed by atoms with Gasteiger partial charge in [-0.25, -0.2) is 0 Å². The van der Waals surface area contributed by atoms with E-state index in [0.29, 0.717) is 13.0 Å². The van der Waals surface area contributed by atoms with Crippen LogP contribution in [0.2, 0.25) is 0 Å². The molecule has 0 radical (unpaired) electrons. The van der Waals surface area contributed by atoms with Gasteiger partial charge in [0, 0.05) is 10.9 Å². The number of hydrogen-bond donors (Lipinski definition) is 1. The Balaban J connectivity index is 2.19. The molecule has 0 bridgehead atoms. The van der Waals surface area contributed by atoms with Gasteiger partial charge in [-0.1, -0.05) is 19.4 Å². The molecular formula is C11H17NO2S. The van der Waals surface area contributed by atoms with Crippen molar-refractivity contribution in [3.8, 4) is 0 Å². The Morgan fingerprint density at radius 3 is 3.07 bits per heavy atom. The van der Waals surface area contributed by atoms with Gasteiger partial charge in [0.15, 0.2) is 0 Å². The molecule has 1 rings (SSSR count). The van der Waals surface area contributed by atoms with E-state index in [1.165, 1.54) is 0 Å². The maximum Gasteiger partial charge on any atom is 0.307 e. The summed E-state index contributed by atoms with van der Waals surface area (Å²) in [6.07, 6.45) is 2.19. The van der Waals surface area contributed by atoms with Gasteiger partial charge in [0.25, 0.3) is 0 Å². The van der Waals surface area contributed by atoms with E-state index < -0.39 is 0 Å². The van der Waals surface area contributed by atoms with Crippen molar-refractivity contribution in [1.29, 1.82) is 0 Å². The number of esters is 1. The molecule has 0 spiro atoms. The maximum absolute atomic E-state index is 11.3. The third-order valence-electron chi connectivity index (χ3n) is 2.04. The monoisotopic (exact) mass is 227 g/mol. The van der Waals surface area contributed by atoms with Crippen LogP contribution in [0.4, 0.5) is 0 Å². The van der Waals surface area contributed by atoms with Gasteiger partial charge in [-0.05, 0) is 17.9 Å². The SMILES string of the molecule is CCCC(N)CC(=O)OCc1cccs1. The average molecular weight is 227 g/mol. The van der Waals surface area contributed by atoms with Crippen molar-refractivity contribution < 1.29 is 9.53 Å². The van der Waals surface area contributed by atoms with E-state index in [2.05, 4.69) is 6.92 Å². The van der Waals surface area contributed by atoms with Gasteiger partial charge in [0.05, 0.1) is 6.42 Å². The highest BCUT2D eigenvalue weighted by Gasteiger charge is 2.09. The molecule has 0 aliphatic rings. The molecule has 0 saturated heterocycles. The molecular weight excluding hydrogens is 210 g/mol. The van der Waals surface area contributed by atoms with Crippen LogP contribution in [-0.2, 0) is 16.1 Å². The molecule has 1 heterocycles. The first-order chi connectivity index (χ1) is 7.22. The Morgan fingerprint density at radius 2 is 2.47 bits per heavy atom. The molecule has 1 unspecified atom stereocenters. The minimum Gasteiger partial charge on any atom is -0.460 e. The number of carbonyl (C=O) groups excluding carboxylic acids is 1. The second-order valence-electron chi connectivity index (χ2n) is 3.49. The predicted octanol–water partition coefficient (Wildman–Crippen LogP) is 2.31. The second-order valence-corrected chi connectivity index (χ2v) is 4.53. The highest BCUT2D eigenvalue weighted by Crippen LogP contribution is 2.10. The number of nitrogens with two attached hydrogens (primary N) is 1. The molecule has 2 N–H and O–H groups in total. The zero-order chi connectivity index (χ0) is 11.1. The van der Waals surface area contributed by atoms with Crippen molar-refractivity contribution in [2.75, 3.05) is 0 Å². The Labute approximate surface area is 94.2 Å². The van der Waals surface area contributed by atoms with Gasteiger partial charge in [-0.3, -0.25) is 4.79 Å². The van der Waals surface area contributed by atoms with Gasteiger partial charge < -0.3 is 10.5 Å². The van der Waals surface area contributed by atoms with Gasteiger partial charge >= 0.3 is 5.97 Å². The molecule has 0 aliphatic carbocycles. The molecule has 3 nitrogen and oxygen atoms in total. The number of carbonyl (C=O) groups is 1. The van der Waals surface area contributed by atoms with Crippen molar-refractivity contribution in [1.82, 2.24) is 0 Å². The van der Waals surface area contributed by atoms with E-state index in [1.54, 1.807) is 11.3 Å². The van der Waals surface area contributed by atoms with E-state index in [-0.39, 0.29) is 12.0 Å². The first kappa shape index (κ1) is 12.2. The topological polar surface area (TPSA) is 52.3 Å². The van der Waals surface area contributed by atoms with Gasteiger partial charge in [0.2, 0.25) is 0 Å². The molecule has 0 aliphatic heterocycles. The van der Waals surface area contributed by atoms with Crippen molar-refractivity contribution in [3.63, 3.8) is 0 Å². The summed E-state index contributed by atoms with van der Waals surface area (Å²) < 4.78 is 5.09. The van der Waals surface area contributed by atoms with Crippen LogP contribution in [0.1, 0.15) is 31.1 Å². The highest BCUT2D eigenvalue weighted by atomic mass is 32.1. The lowest BCUT2D eigenvalue weighted by Gasteiger charge is -2.09. The zero-order valence-electron chi connectivity index (χ0n) is 8.94. The molecule has 0 amide bonds. The molecule has 0 aromatic carbocycles. The first-order valence-electron chi connectivity index (χ1n) is 5.16. The lowest BCUT2D eigenvalue weighted by Crippen LogP contribution is -2.24. The fourth-order valence-corrected chi connectivity index (χ4v) is 1.91. The van der Waals surface area contributed by atoms with E-state index in [0.717, 1.165) is 17.7 Å². The minimum absolute atomic E-state index is 0.0640. The summed E-state index contributed by atoms with van der Waals surface area (Å²) in [5.41, 5.74) is 5.74. The predicted molar refractivity (Wildman–Crippen MR) is 61.6 cm³/mol. The van der Waals surface area contributed by atoms with Crippen molar-refractivity contribution in [2.45, 2.75) is 38.8 Å². The van der Waals surface area contributed by atoms with E-state index in [4.69, 9.17) is 10.5 Å². The number of hydrogen-bond acceptors (Lipinski definition) is 4. The second kappa shape index (κ2) is 6.58. The van der Waals surface area contributed by atoms with Crippen LogP contribution in [-0.4, -0.2) is 12.0 Å². The van der Waals surface area contributed by atoms with E-state index in [9.17, 15) is 4.79 Å². The van der Waals surface area contributed by atoms with Gasteiger partial charge in [-0.2, -0.15) is 0 Å². The largest absolute Gasteiger partial charge is 0.460 e. The molecule has 4 heteroatoms. The molecule has 1 aromatic heterocycles. The molecule has 84 valence electrons. The lowest BCUT2D eigenvalue weighted by molar-refractivity contribution is -0.145. The maximum atomic E-state index is 11.3. The molecule has 0 fully saturated rings. The Morgan fingerprint density at radius 1 is 1.67 bits per heavy atom. The summed E-state index contributed by atoms with van der Waals surface area (Å²) >= 11 is 1.59. The summed E-state index contributed by atoms with van der Waals surface area (Å²) in [6.45, 7) is 2.42. The Hall–Kier alpha value is -0.870. The van der Waals surface area contributed by atoms with Crippen molar-refractivity contribution in [2.24, 2.45) is 5.73 Å². The quantitative estimate of drug-likeness (QED) is 0.759.